The molecule has 10 heteroatoms. The Morgan fingerprint density at radius 2 is 1.82 bits per heavy atom. The van der Waals surface area contributed by atoms with Gasteiger partial charge in [-0.15, -0.1) is 0 Å². The Hall–Kier alpha value is -3.97. The van der Waals surface area contributed by atoms with Crippen molar-refractivity contribution in [2.24, 2.45) is 16.7 Å². The van der Waals surface area contributed by atoms with E-state index in [1.807, 2.05) is 12.1 Å². The molecular formula is C23H16ClN5O4. The smallest absolute Gasteiger partial charge is 0.287 e. The molecule has 2 bridgehead atoms. The summed E-state index contributed by atoms with van der Waals surface area (Å²) >= 11 is 6.11. The molecule has 4 rings (SSSR count). The van der Waals surface area contributed by atoms with Crippen LogP contribution < -0.4 is 0 Å². The lowest BCUT2D eigenvalue weighted by molar-refractivity contribution is -0.384. The molecule has 0 saturated carbocycles. The molecule has 1 N–H and O–H groups in total. The van der Waals surface area contributed by atoms with Gasteiger partial charge in [0.05, 0.1) is 29.0 Å². The number of hydrogen-bond donors (Lipinski definition) is 1. The molecule has 2 saturated heterocycles. The minimum Gasteiger partial charge on any atom is -0.443 e. The molecule has 164 valence electrons. The third-order valence-electron chi connectivity index (χ3n) is 6.49. The van der Waals surface area contributed by atoms with E-state index in [0.29, 0.717) is 5.56 Å². The van der Waals surface area contributed by atoms with Crippen molar-refractivity contribution in [3.05, 3.63) is 74.8 Å². The zero-order valence-electron chi connectivity index (χ0n) is 17.3. The third-order valence-corrected chi connectivity index (χ3v) is 6.79. The van der Waals surface area contributed by atoms with E-state index >= 15 is 0 Å². The number of ether oxygens (including phenoxy) is 2. The highest BCUT2D eigenvalue weighted by Gasteiger charge is 2.80. The molecule has 2 aliphatic heterocycles. The average molecular weight is 462 g/mol. The van der Waals surface area contributed by atoms with E-state index in [2.05, 4.69) is 6.07 Å². The fourth-order valence-electron chi connectivity index (χ4n) is 5.04. The lowest BCUT2D eigenvalue weighted by Crippen LogP contribution is -2.58. The van der Waals surface area contributed by atoms with E-state index in [0.717, 1.165) is 6.07 Å². The second kappa shape index (κ2) is 7.56. The zero-order chi connectivity index (χ0) is 24.0. The van der Waals surface area contributed by atoms with Gasteiger partial charge in [0.1, 0.15) is 11.1 Å². The van der Waals surface area contributed by atoms with Gasteiger partial charge in [-0.1, -0.05) is 48.9 Å². The predicted octanol–water partition coefficient (Wildman–Crippen LogP) is 4.75. The summed E-state index contributed by atoms with van der Waals surface area (Å²) in [5, 5.41) is 50.6. The van der Waals surface area contributed by atoms with Crippen LogP contribution in [0.25, 0.3) is 0 Å². The van der Waals surface area contributed by atoms with E-state index in [9.17, 15) is 25.9 Å². The Morgan fingerprint density at radius 1 is 1.15 bits per heavy atom. The van der Waals surface area contributed by atoms with Crippen LogP contribution in [-0.2, 0) is 15.3 Å². The molecule has 4 unspecified atom stereocenters. The number of nitriles is 3. The Kier molecular flexibility index (Phi) is 5.10. The van der Waals surface area contributed by atoms with E-state index in [1.165, 1.54) is 12.1 Å². The standard InChI is InChI=1S/C23H16ClN5O4/c1-2-18-22(13-27)20(28)33-23(18,15-6-4-3-5-7-15)32-19(21(22,11-25)12-26)14-8-9-17(29(30)31)16(24)10-14/h3-10,18-19,28H,2H2,1H3. The first kappa shape index (κ1) is 22.2. The number of hydrogen-bond acceptors (Lipinski definition) is 8. The third kappa shape index (κ3) is 2.63. The van der Waals surface area contributed by atoms with Gasteiger partial charge in [-0.3, -0.25) is 15.5 Å². The van der Waals surface area contributed by atoms with E-state index in [4.69, 9.17) is 26.5 Å². The molecule has 2 heterocycles. The normalized spacial score (nSPS) is 29.2. The maximum atomic E-state index is 11.2. The number of fused-ring (bicyclic) bond motifs is 2. The summed E-state index contributed by atoms with van der Waals surface area (Å²) in [5.74, 6) is -3.01. The van der Waals surface area contributed by atoms with Crippen molar-refractivity contribution in [1.29, 1.82) is 21.2 Å². The van der Waals surface area contributed by atoms with E-state index in [-0.39, 0.29) is 22.7 Å². The van der Waals surface area contributed by atoms with Crippen LogP contribution in [0.2, 0.25) is 5.02 Å². The number of rotatable bonds is 4. The topological polar surface area (TPSA) is 157 Å². The van der Waals surface area contributed by atoms with Crippen molar-refractivity contribution in [1.82, 2.24) is 0 Å². The Bertz CT molecular complexity index is 1280. The largest absolute Gasteiger partial charge is 0.443 e. The van der Waals surface area contributed by atoms with Gasteiger partial charge in [0.15, 0.2) is 5.41 Å². The summed E-state index contributed by atoms with van der Waals surface area (Å²) in [7, 11) is 0. The van der Waals surface area contributed by atoms with Gasteiger partial charge in [0.25, 0.3) is 5.69 Å². The quantitative estimate of drug-likeness (QED) is 0.508. The maximum absolute atomic E-state index is 11.2. The number of benzene rings is 2. The lowest BCUT2D eigenvalue weighted by Gasteiger charge is -2.49. The van der Waals surface area contributed by atoms with Crippen LogP contribution in [0.5, 0.6) is 0 Å². The van der Waals surface area contributed by atoms with Crippen LogP contribution >= 0.6 is 11.6 Å². The van der Waals surface area contributed by atoms with Crippen LogP contribution in [0.15, 0.2) is 48.5 Å². The molecule has 2 aliphatic rings. The number of nitro benzene ring substituents is 1. The molecule has 0 amide bonds. The summed E-state index contributed by atoms with van der Waals surface area (Å²) in [5.41, 5.74) is -3.81. The van der Waals surface area contributed by atoms with Gasteiger partial charge in [-0.25, -0.2) is 0 Å². The number of nitrogens with zero attached hydrogens (tertiary/aromatic N) is 4. The van der Waals surface area contributed by atoms with Crippen molar-refractivity contribution >= 4 is 23.2 Å². The minimum absolute atomic E-state index is 0.182. The molecule has 0 spiro atoms. The highest BCUT2D eigenvalue weighted by Crippen LogP contribution is 2.69. The summed E-state index contributed by atoms with van der Waals surface area (Å²) in [6, 6.07) is 18.4. The van der Waals surface area contributed by atoms with Gasteiger partial charge in [-0.05, 0) is 24.1 Å². The summed E-state index contributed by atoms with van der Waals surface area (Å²) < 4.78 is 12.4. The minimum atomic E-state index is -2.19. The van der Waals surface area contributed by atoms with Crippen LogP contribution in [0.3, 0.4) is 0 Å². The number of halogens is 1. The van der Waals surface area contributed by atoms with Gasteiger partial charge in [0.2, 0.25) is 17.1 Å². The van der Waals surface area contributed by atoms with Crippen molar-refractivity contribution in [2.45, 2.75) is 25.2 Å². The van der Waals surface area contributed by atoms with Gasteiger partial charge in [-0.2, -0.15) is 15.8 Å². The molecule has 9 nitrogen and oxygen atoms in total. The number of nitrogens with one attached hydrogen (secondary N) is 1. The van der Waals surface area contributed by atoms with Crippen molar-refractivity contribution in [3.63, 3.8) is 0 Å². The van der Waals surface area contributed by atoms with Crippen molar-refractivity contribution in [3.8, 4) is 18.2 Å². The molecule has 0 radical (unpaired) electrons. The van der Waals surface area contributed by atoms with Crippen LogP contribution in [-0.4, -0.2) is 10.8 Å². The van der Waals surface area contributed by atoms with Gasteiger partial charge < -0.3 is 9.47 Å². The van der Waals surface area contributed by atoms with E-state index in [1.54, 1.807) is 37.3 Å². The highest BCUT2D eigenvalue weighted by atomic mass is 35.5. The van der Waals surface area contributed by atoms with Gasteiger partial charge >= 0.3 is 0 Å². The molecule has 2 aromatic rings. The van der Waals surface area contributed by atoms with Crippen LogP contribution in [0, 0.1) is 66.3 Å². The second-order valence-electron chi connectivity index (χ2n) is 7.84. The molecule has 0 aromatic heterocycles. The fraction of sp³-hybridized carbons (Fsp3) is 0.304. The second-order valence-corrected chi connectivity index (χ2v) is 8.25. The van der Waals surface area contributed by atoms with Crippen molar-refractivity contribution in [2.75, 3.05) is 0 Å². The molecule has 4 atom stereocenters. The molecule has 2 fully saturated rings. The maximum Gasteiger partial charge on any atom is 0.287 e. The summed E-state index contributed by atoms with van der Waals surface area (Å²) in [6.45, 7) is 1.77. The van der Waals surface area contributed by atoms with Crippen molar-refractivity contribution < 1.29 is 14.4 Å². The molecule has 0 aliphatic carbocycles. The Balaban J connectivity index is 2.05. The van der Waals surface area contributed by atoms with E-state index < -0.39 is 39.5 Å². The number of nitro groups is 1. The monoisotopic (exact) mass is 461 g/mol. The van der Waals surface area contributed by atoms with Crippen LogP contribution in [0.1, 0.15) is 30.6 Å². The summed E-state index contributed by atoms with van der Waals surface area (Å²) in [4.78, 5) is 10.6. The Labute approximate surface area is 194 Å². The molecule has 2 aromatic carbocycles. The molecule has 33 heavy (non-hydrogen) atoms. The van der Waals surface area contributed by atoms with Gasteiger partial charge in [0, 0.05) is 11.6 Å². The molecular weight excluding hydrogens is 446 g/mol. The fourth-order valence-corrected chi connectivity index (χ4v) is 5.30. The van der Waals surface area contributed by atoms with Crippen LogP contribution in [0.4, 0.5) is 5.69 Å². The zero-order valence-corrected chi connectivity index (χ0v) is 18.0. The lowest BCUT2D eigenvalue weighted by atomic mass is 9.52. The summed E-state index contributed by atoms with van der Waals surface area (Å²) in [6.07, 6.45) is -1.12. The SMILES string of the molecule is CCC1C2(c3ccccc3)OC(=N)C1(C#N)C(C#N)(C#N)C(c1ccc([N+](=O)[O-])c(Cl)c1)O2. The first-order chi connectivity index (χ1) is 15.8. The first-order valence-corrected chi connectivity index (χ1v) is 10.3. The predicted molar refractivity (Wildman–Crippen MR) is 114 cm³/mol. The first-order valence-electron chi connectivity index (χ1n) is 9.97. The average Bonchev–Trinajstić information content (AvgIpc) is 3.03. The highest BCUT2D eigenvalue weighted by molar-refractivity contribution is 6.32. The Morgan fingerprint density at radius 3 is 2.33 bits per heavy atom.